The van der Waals surface area contributed by atoms with Gasteiger partial charge in [0.15, 0.2) is 5.58 Å². The minimum atomic E-state index is -1.38. The quantitative estimate of drug-likeness (QED) is 0.114. The molecule has 10 rings (SSSR count). The molecule has 11 heteroatoms. The number of imide groups is 2. The molecule has 6 unspecified atom stereocenters. The minimum absolute atomic E-state index is 0.119. The number of anilines is 2. The third kappa shape index (κ3) is 5.71. The number of rotatable bonds is 9. The van der Waals surface area contributed by atoms with Crippen molar-refractivity contribution in [1.29, 1.82) is 0 Å². The number of ether oxygens (including phenoxy) is 1. The monoisotopic (exact) mass is 784 g/mol. The van der Waals surface area contributed by atoms with Crippen molar-refractivity contribution in [3.63, 3.8) is 0 Å². The summed E-state index contributed by atoms with van der Waals surface area (Å²) in [7, 11) is 0. The number of aromatic nitrogens is 1. The number of oxazole rings is 1. The zero-order chi connectivity index (χ0) is 40.4. The Balaban J connectivity index is 1.06. The highest BCUT2D eigenvalue weighted by molar-refractivity contribution is 6.22. The van der Waals surface area contributed by atoms with E-state index in [0.717, 1.165) is 27.2 Å². The van der Waals surface area contributed by atoms with Gasteiger partial charge < -0.3 is 14.3 Å². The number of benzene rings is 5. The maximum absolute atomic E-state index is 15.4. The van der Waals surface area contributed by atoms with Gasteiger partial charge in [0.25, 0.3) is 11.8 Å². The highest BCUT2D eigenvalue weighted by Gasteiger charge is 2.70. The number of aryl methyl sites for hydroxylation is 1. The largest absolute Gasteiger partial charge is 0.491 e. The van der Waals surface area contributed by atoms with Gasteiger partial charge in [0.1, 0.15) is 17.9 Å². The van der Waals surface area contributed by atoms with E-state index in [-0.39, 0.29) is 37.4 Å². The molecule has 1 saturated carbocycles. The SMILES string of the molecule is Cc1ccc(NN2C(=O)C3CC4C(=CCC5C(=O)N(c6ccc(-c7nc8ccccc8o7)cc6)C(=O)C54)C(c4ccc(OCCO)cc4)C3(c3ccccc3)C2=O)cc1. The number of aliphatic hydroxyl groups excluding tert-OH is 1. The molecule has 294 valence electrons. The van der Waals surface area contributed by atoms with E-state index in [1.54, 1.807) is 36.4 Å². The lowest BCUT2D eigenvalue weighted by molar-refractivity contribution is -0.138. The fraction of sp³-hybridized carbons (Fsp3) is 0.229. The van der Waals surface area contributed by atoms with Crippen molar-refractivity contribution in [2.75, 3.05) is 23.5 Å². The average Bonchev–Trinajstić information content (AvgIpc) is 3.88. The Bertz CT molecular complexity index is 2620. The van der Waals surface area contributed by atoms with Crippen LogP contribution in [-0.4, -0.2) is 51.9 Å². The lowest BCUT2D eigenvalue weighted by Gasteiger charge is -2.50. The molecule has 2 aliphatic carbocycles. The first-order chi connectivity index (χ1) is 28.8. The van der Waals surface area contributed by atoms with Gasteiger partial charge in [0, 0.05) is 11.5 Å². The number of allylic oxidation sites excluding steroid dienone is 2. The van der Waals surface area contributed by atoms with Crippen molar-refractivity contribution in [1.82, 2.24) is 9.99 Å². The Hall–Kier alpha value is -6.85. The number of hydrogen-bond donors (Lipinski definition) is 2. The molecule has 0 spiro atoms. The van der Waals surface area contributed by atoms with E-state index < -0.39 is 40.9 Å². The third-order valence-corrected chi connectivity index (χ3v) is 12.6. The first kappa shape index (κ1) is 36.5. The Labute approximate surface area is 339 Å². The highest BCUT2D eigenvalue weighted by Crippen LogP contribution is 2.64. The molecule has 6 atom stereocenters. The number of nitrogens with one attached hydrogen (secondary N) is 1. The van der Waals surface area contributed by atoms with Crippen LogP contribution in [0, 0.1) is 30.6 Å². The number of hydrazine groups is 1. The van der Waals surface area contributed by atoms with Gasteiger partial charge in [-0.05, 0) is 97.5 Å². The van der Waals surface area contributed by atoms with Crippen molar-refractivity contribution >= 4 is 46.1 Å². The second kappa shape index (κ2) is 14.2. The fourth-order valence-electron chi connectivity index (χ4n) is 10.0. The standard InChI is InChI=1S/C48H40N4O7/c1-28-11-17-32(18-12-28)50-52-45(55)38-27-37-35(42(29-15-21-34(22-16-29)58-26-25-53)48(38,47(52)57)31-7-3-2-4-8-31)23-24-36-41(37)46(56)51(44(36)54)33-19-13-30(14-20-33)43-49-39-9-5-6-10-40(39)59-43/h2-23,36-38,41-42,50,53H,24-27H2,1H3. The molecule has 0 radical (unpaired) electrons. The number of carbonyl (C=O) groups excluding carboxylic acids is 4. The first-order valence-electron chi connectivity index (χ1n) is 19.9. The summed E-state index contributed by atoms with van der Waals surface area (Å²) in [6.07, 6.45) is 2.54. The molecule has 3 heterocycles. The van der Waals surface area contributed by atoms with Crippen LogP contribution < -0.4 is 15.1 Å². The van der Waals surface area contributed by atoms with Gasteiger partial charge in [0.2, 0.25) is 17.7 Å². The summed E-state index contributed by atoms with van der Waals surface area (Å²) in [6.45, 7) is 1.94. The van der Waals surface area contributed by atoms with E-state index in [0.29, 0.717) is 46.1 Å². The van der Waals surface area contributed by atoms with E-state index in [9.17, 15) is 19.5 Å². The van der Waals surface area contributed by atoms with Gasteiger partial charge in [-0.25, -0.2) is 4.98 Å². The van der Waals surface area contributed by atoms with E-state index in [1.165, 1.54) is 4.90 Å². The van der Waals surface area contributed by atoms with Crippen LogP contribution in [0.3, 0.4) is 0 Å². The molecule has 4 aliphatic rings. The summed E-state index contributed by atoms with van der Waals surface area (Å²) < 4.78 is 11.7. The Kier molecular flexibility index (Phi) is 8.79. The summed E-state index contributed by atoms with van der Waals surface area (Å²) in [5, 5.41) is 10.6. The number of nitrogens with zero attached hydrogens (tertiary/aromatic N) is 3. The van der Waals surface area contributed by atoms with Crippen molar-refractivity contribution in [2.24, 2.45) is 23.7 Å². The number of aliphatic hydroxyl groups is 1. The molecule has 2 saturated heterocycles. The topological polar surface area (TPSA) is 142 Å². The lowest BCUT2D eigenvalue weighted by atomic mass is 9.49. The molecule has 59 heavy (non-hydrogen) atoms. The molecule has 11 nitrogen and oxygen atoms in total. The summed E-state index contributed by atoms with van der Waals surface area (Å²) >= 11 is 0. The smallest absolute Gasteiger partial charge is 0.260 e. The zero-order valence-electron chi connectivity index (χ0n) is 32.2. The second-order valence-electron chi connectivity index (χ2n) is 15.8. The molecule has 0 bridgehead atoms. The summed E-state index contributed by atoms with van der Waals surface area (Å²) in [5.41, 5.74) is 8.26. The first-order valence-corrected chi connectivity index (χ1v) is 19.9. The maximum Gasteiger partial charge on any atom is 0.260 e. The molecule has 6 aromatic rings. The second-order valence-corrected chi connectivity index (χ2v) is 15.8. The summed E-state index contributed by atoms with van der Waals surface area (Å²) in [6, 6.07) is 38.9. The van der Waals surface area contributed by atoms with E-state index >= 15 is 4.79 Å². The zero-order valence-corrected chi connectivity index (χ0v) is 32.2. The molecule has 4 amide bonds. The number of fused-ring (bicyclic) bond motifs is 5. The predicted octanol–water partition coefficient (Wildman–Crippen LogP) is 7.36. The van der Waals surface area contributed by atoms with Gasteiger partial charge in [-0.2, -0.15) is 5.01 Å². The predicted molar refractivity (Wildman–Crippen MR) is 220 cm³/mol. The summed E-state index contributed by atoms with van der Waals surface area (Å²) in [4.78, 5) is 65.4. The van der Waals surface area contributed by atoms with E-state index in [4.69, 9.17) is 9.15 Å². The van der Waals surface area contributed by atoms with Gasteiger partial charge in [-0.1, -0.05) is 83.9 Å². The van der Waals surface area contributed by atoms with Gasteiger partial charge in [-0.15, -0.1) is 0 Å². The van der Waals surface area contributed by atoms with Crippen molar-refractivity contribution in [3.05, 3.63) is 156 Å². The van der Waals surface area contributed by atoms with Crippen LogP contribution in [-0.2, 0) is 24.6 Å². The number of amides is 4. The number of para-hydroxylation sites is 2. The molecule has 3 fully saturated rings. The van der Waals surface area contributed by atoms with Crippen LogP contribution in [0.2, 0.25) is 0 Å². The molecular weight excluding hydrogens is 745 g/mol. The van der Waals surface area contributed by atoms with Crippen molar-refractivity contribution < 1.29 is 33.4 Å². The molecule has 2 N–H and O–H groups in total. The fourth-order valence-corrected chi connectivity index (χ4v) is 10.0. The van der Waals surface area contributed by atoms with Crippen LogP contribution in [0.4, 0.5) is 11.4 Å². The lowest BCUT2D eigenvalue weighted by Crippen LogP contribution is -2.53. The van der Waals surface area contributed by atoms with Gasteiger partial charge in [0.05, 0.1) is 41.2 Å². The number of carbonyl (C=O) groups is 4. The van der Waals surface area contributed by atoms with Crippen LogP contribution >= 0.6 is 0 Å². The van der Waals surface area contributed by atoms with Crippen LogP contribution in [0.1, 0.15) is 35.4 Å². The number of hydrogen-bond acceptors (Lipinski definition) is 9. The molecule has 5 aromatic carbocycles. The van der Waals surface area contributed by atoms with E-state index in [2.05, 4.69) is 10.4 Å². The Morgan fingerprint density at radius 3 is 2.27 bits per heavy atom. The van der Waals surface area contributed by atoms with Gasteiger partial charge in [-0.3, -0.25) is 29.5 Å². The third-order valence-electron chi connectivity index (χ3n) is 12.6. The summed E-state index contributed by atoms with van der Waals surface area (Å²) in [5.74, 6) is -3.85. The average molecular weight is 785 g/mol. The Morgan fingerprint density at radius 2 is 1.54 bits per heavy atom. The van der Waals surface area contributed by atoms with Crippen LogP contribution in [0.25, 0.3) is 22.6 Å². The van der Waals surface area contributed by atoms with Gasteiger partial charge >= 0.3 is 0 Å². The molecule has 1 aromatic heterocycles. The Morgan fingerprint density at radius 1 is 0.814 bits per heavy atom. The minimum Gasteiger partial charge on any atom is -0.491 e. The van der Waals surface area contributed by atoms with Crippen molar-refractivity contribution in [2.45, 2.75) is 31.1 Å². The maximum atomic E-state index is 15.4. The van der Waals surface area contributed by atoms with E-state index in [1.807, 2.05) is 104 Å². The van der Waals surface area contributed by atoms with Crippen LogP contribution in [0.15, 0.2) is 143 Å². The normalized spacial score (nSPS) is 24.8. The highest BCUT2D eigenvalue weighted by atomic mass is 16.5. The molecule has 2 aliphatic heterocycles. The van der Waals surface area contributed by atoms with Crippen LogP contribution in [0.5, 0.6) is 5.75 Å². The van der Waals surface area contributed by atoms with Crippen molar-refractivity contribution in [3.8, 4) is 17.2 Å². The molecular formula is C48H40N4O7.